The van der Waals surface area contributed by atoms with Crippen LogP contribution in [0.1, 0.15) is 11.6 Å². The molecule has 23 heavy (non-hydrogen) atoms. The number of carbonyl (C=O) groups is 1. The van der Waals surface area contributed by atoms with Gasteiger partial charge in [-0.3, -0.25) is 4.79 Å². The number of nitrogens with zero attached hydrogens (tertiary/aromatic N) is 1. The summed E-state index contributed by atoms with van der Waals surface area (Å²) in [5.41, 5.74) is 7.68. The van der Waals surface area contributed by atoms with Gasteiger partial charge in [0.05, 0.1) is 6.04 Å². The highest BCUT2D eigenvalue weighted by atomic mass is 35.5. The van der Waals surface area contributed by atoms with Crippen molar-refractivity contribution in [2.75, 3.05) is 18.1 Å². The Labute approximate surface area is 138 Å². The molecule has 4 rings (SSSR count). The van der Waals surface area contributed by atoms with E-state index in [-0.39, 0.29) is 11.9 Å². The molecule has 0 spiro atoms. The molecular weight excluding hydrogens is 316 g/mol. The van der Waals surface area contributed by atoms with Crippen LogP contribution in [0.2, 0.25) is 5.02 Å². The van der Waals surface area contributed by atoms with Crippen LogP contribution in [-0.4, -0.2) is 25.2 Å². The molecule has 1 amide bonds. The molecule has 2 aliphatic heterocycles. The number of hydrogen-bond acceptors (Lipinski definition) is 4. The van der Waals surface area contributed by atoms with E-state index >= 15 is 0 Å². The standard InChI is InChI=1S/C17H15ClN2O3/c18-11-3-1-2-10(8-11)16-15(19)17(21)20(16)12-4-5-13-14(9-12)23-7-6-22-13/h1-5,8-9,15-16H,6-7,19H2. The summed E-state index contributed by atoms with van der Waals surface area (Å²) in [4.78, 5) is 14.0. The molecule has 2 aromatic rings. The van der Waals surface area contributed by atoms with E-state index < -0.39 is 6.04 Å². The molecule has 2 N–H and O–H groups in total. The molecule has 0 saturated carbocycles. The number of β-lactam (4-membered cyclic amide) rings is 1. The third-order valence-electron chi connectivity index (χ3n) is 4.14. The molecule has 2 aromatic carbocycles. The molecule has 2 aliphatic rings. The molecule has 0 aromatic heterocycles. The molecule has 0 radical (unpaired) electrons. The minimum absolute atomic E-state index is 0.119. The Bertz CT molecular complexity index is 780. The van der Waals surface area contributed by atoms with Gasteiger partial charge in [0.2, 0.25) is 5.91 Å². The first-order chi connectivity index (χ1) is 11.1. The van der Waals surface area contributed by atoms with Crippen molar-refractivity contribution in [3.05, 3.63) is 53.1 Å². The molecule has 2 heterocycles. The summed E-state index contributed by atoms with van der Waals surface area (Å²) in [7, 11) is 0. The van der Waals surface area contributed by atoms with E-state index in [1.54, 1.807) is 11.0 Å². The van der Waals surface area contributed by atoms with Crippen LogP contribution in [0.15, 0.2) is 42.5 Å². The number of carbonyl (C=O) groups excluding carboxylic acids is 1. The summed E-state index contributed by atoms with van der Waals surface area (Å²) in [6, 6.07) is 12.1. The van der Waals surface area contributed by atoms with Crippen molar-refractivity contribution >= 4 is 23.2 Å². The van der Waals surface area contributed by atoms with Gasteiger partial charge >= 0.3 is 0 Å². The van der Waals surface area contributed by atoms with Crippen LogP contribution in [0.4, 0.5) is 5.69 Å². The zero-order valence-corrected chi connectivity index (χ0v) is 13.0. The lowest BCUT2D eigenvalue weighted by Gasteiger charge is -2.45. The van der Waals surface area contributed by atoms with Gasteiger partial charge in [-0.1, -0.05) is 23.7 Å². The topological polar surface area (TPSA) is 64.8 Å². The average Bonchev–Trinajstić information content (AvgIpc) is 2.58. The molecule has 1 saturated heterocycles. The fourth-order valence-corrected chi connectivity index (χ4v) is 3.23. The van der Waals surface area contributed by atoms with Crippen molar-refractivity contribution in [1.29, 1.82) is 0 Å². The van der Waals surface area contributed by atoms with E-state index in [0.717, 1.165) is 11.3 Å². The van der Waals surface area contributed by atoms with Crippen molar-refractivity contribution in [3.63, 3.8) is 0 Å². The molecule has 2 unspecified atom stereocenters. The Hall–Kier alpha value is -2.24. The van der Waals surface area contributed by atoms with Crippen LogP contribution in [0.5, 0.6) is 11.5 Å². The number of rotatable bonds is 2. The minimum atomic E-state index is -0.568. The second-order valence-electron chi connectivity index (χ2n) is 5.56. The van der Waals surface area contributed by atoms with E-state index in [4.69, 9.17) is 26.8 Å². The lowest BCUT2D eigenvalue weighted by Crippen LogP contribution is -2.63. The van der Waals surface area contributed by atoms with E-state index in [2.05, 4.69) is 0 Å². The Morgan fingerprint density at radius 1 is 1.09 bits per heavy atom. The molecule has 0 aliphatic carbocycles. The fourth-order valence-electron chi connectivity index (χ4n) is 3.03. The van der Waals surface area contributed by atoms with Gasteiger partial charge < -0.3 is 20.1 Å². The third-order valence-corrected chi connectivity index (χ3v) is 4.37. The van der Waals surface area contributed by atoms with Gasteiger partial charge in [-0.2, -0.15) is 0 Å². The third kappa shape index (κ3) is 2.33. The maximum atomic E-state index is 12.3. The predicted molar refractivity (Wildman–Crippen MR) is 87.1 cm³/mol. The number of ether oxygens (including phenoxy) is 2. The van der Waals surface area contributed by atoms with E-state index in [9.17, 15) is 4.79 Å². The number of benzene rings is 2. The zero-order chi connectivity index (χ0) is 16.0. The van der Waals surface area contributed by atoms with Gasteiger partial charge in [-0.15, -0.1) is 0 Å². The van der Waals surface area contributed by atoms with Crippen molar-refractivity contribution in [1.82, 2.24) is 0 Å². The number of hydrogen-bond donors (Lipinski definition) is 1. The highest BCUT2D eigenvalue weighted by Gasteiger charge is 2.46. The van der Waals surface area contributed by atoms with E-state index in [1.165, 1.54) is 0 Å². The van der Waals surface area contributed by atoms with Crippen LogP contribution in [0.3, 0.4) is 0 Å². The zero-order valence-electron chi connectivity index (χ0n) is 12.2. The van der Waals surface area contributed by atoms with Crippen molar-refractivity contribution < 1.29 is 14.3 Å². The Balaban J connectivity index is 1.70. The number of fused-ring (bicyclic) bond motifs is 1. The molecule has 2 atom stereocenters. The largest absolute Gasteiger partial charge is 0.486 e. The Morgan fingerprint density at radius 3 is 2.65 bits per heavy atom. The Morgan fingerprint density at radius 2 is 1.87 bits per heavy atom. The molecule has 0 bridgehead atoms. The smallest absolute Gasteiger partial charge is 0.247 e. The normalized spacial score (nSPS) is 22.7. The lowest BCUT2D eigenvalue weighted by molar-refractivity contribution is -0.126. The first-order valence-corrected chi connectivity index (χ1v) is 7.77. The highest BCUT2D eigenvalue weighted by Crippen LogP contribution is 2.42. The average molecular weight is 331 g/mol. The maximum Gasteiger partial charge on any atom is 0.247 e. The first-order valence-electron chi connectivity index (χ1n) is 7.39. The summed E-state index contributed by atoms with van der Waals surface area (Å²) in [6.45, 7) is 1.03. The summed E-state index contributed by atoms with van der Waals surface area (Å²) in [5, 5.41) is 0.621. The van der Waals surface area contributed by atoms with E-state index in [1.807, 2.05) is 36.4 Å². The van der Waals surface area contributed by atoms with Crippen molar-refractivity contribution in [2.45, 2.75) is 12.1 Å². The summed E-state index contributed by atoms with van der Waals surface area (Å²) in [6.07, 6.45) is 0. The van der Waals surface area contributed by atoms with E-state index in [0.29, 0.717) is 29.7 Å². The van der Waals surface area contributed by atoms with Crippen molar-refractivity contribution in [2.24, 2.45) is 5.73 Å². The van der Waals surface area contributed by atoms with Gasteiger partial charge in [-0.25, -0.2) is 0 Å². The highest BCUT2D eigenvalue weighted by molar-refractivity contribution is 6.30. The quantitative estimate of drug-likeness (QED) is 0.859. The van der Waals surface area contributed by atoms with Crippen LogP contribution in [0, 0.1) is 0 Å². The number of amides is 1. The Kier molecular flexibility index (Phi) is 3.39. The molecule has 6 heteroatoms. The number of halogens is 1. The van der Waals surface area contributed by atoms with Gasteiger partial charge in [0.15, 0.2) is 11.5 Å². The van der Waals surface area contributed by atoms with Gasteiger partial charge in [0, 0.05) is 16.8 Å². The monoisotopic (exact) mass is 330 g/mol. The van der Waals surface area contributed by atoms with Gasteiger partial charge in [-0.05, 0) is 29.8 Å². The number of anilines is 1. The first kappa shape index (κ1) is 14.4. The summed E-state index contributed by atoms with van der Waals surface area (Å²) >= 11 is 6.06. The minimum Gasteiger partial charge on any atom is -0.486 e. The van der Waals surface area contributed by atoms with Crippen LogP contribution >= 0.6 is 11.6 Å². The van der Waals surface area contributed by atoms with Crippen LogP contribution in [0.25, 0.3) is 0 Å². The number of nitrogens with two attached hydrogens (primary N) is 1. The summed E-state index contributed by atoms with van der Waals surface area (Å²) in [5.74, 6) is 1.22. The van der Waals surface area contributed by atoms with Crippen LogP contribution < -0.4 is 20.1 Å². The lowest BCUT2D eigenvalue weighted by atomic mass is 9.88. The predicted octanol–water partition coefficient (Wildman–Crippen LogP) is 2.53. The SMILES string of the molecule is NC1C(=O)N(c2ccc3c(c2)OCCO3)C1c1cccc(Cl)c1. The summed E-state index contributed by atoms with van der Waals surface area (Å²) < 4.78 is 11.1. The van der Waals surface area contributed by atoms with Crippen molar-refractivity contribution in [3.8, 4) is 11.5 Å². The molecule has 118 valence electrons. The van der Waals surface area contributed by atoms with Crippen LogP contribution in [-0.2, 0) is 4.79 Å². The van der Waals surface area contributed by atoms with Gasteiger partial charge in [0.25, 0.3) is 0 Å². The second kappa shape index (κ2) is 5.44. The second-order valence-corrected chi connectivity index (χ2v) is 6.00. The molecule has 5 nitrogen and oxygen atoms in total. The fraction of sp³-hybridized carbons (Fsp3) is 0.235. The molecule has 1 fully saturated rings. The molecular formula is C17H15ClN2O3. The van der Waals surface area contributed by atoms with Gasteiger partial charge in [0.1, 0.15) is 19.3 Å². The maximum absolute atomic E-state index is 12.3.